The molecule has 1 nitrogen and oxygen atoms in total. The third kappa shape index (κ3) is 1.09. The Morgan fingerprint density at radius 3 is 3.00 bits per heavy atom. The molecule has 1 aromatic heterocycles. The van der Waals surface area contributed by atoms with Gasteiger partial charge in [-0.2, -0.15) is 0 Å². The molecule has 1 saturated carbocycles. The van der Waals surface area contributed by atoms with Crippen LogP contribution >= 0.6 is 11.3 Å². The van der Waals surface area contributed by atoms with Crippen molar-refractivity contribution in [3.05, 3.63) is 29.3 Å². The van der Waals surface area contributed by atoms with Crippen molar-refractivity contribution >= 4 is 21.6 Å². The van der Waals surface area contributed by atoms with E-state index in [9.17, 15) is 0 Å². The maximum Gasteiger partial charge on any atom is 0.0812 e. The van der Waals surface area contributed by atoms with Crippen molar-refractivity contribution in [1.29, 1.82) is 0 Å². The van der Waals surface area contributed by atoms with Gasteiger partial charge in [-0.15, -0.1) is 11.3 Å². The molecule has 0 saturated heterocycles. The van der Waals surface area contributed by atoms with E-state index in [0.717, 1.165) is 5.52 Å². The molecule has 0 N–H and O–H groups in total. The second-order valence-corrected chi connectivity index (χ2v) is 4.98. The Hall–Kier alpha value is -0.890. The number of fused-ring (bicyclic) bond motifs is 1. The van der Waals surface area contributed by atoms with E-state index in [1.165, 1.54) is 23.1 Å². The Kier molecular flexibility index (Phi) is 1.34. The monoisotopic (exact) mass is 189 g/mol. The van der Waals surface area contributed by atoms with E-state index >= 15 is 0 Å². The minimum absolute atomic E-state index is 0.484. The fraction of sp³-hybridized carbons (Fsp3) is 0.364. The maximum absolute atomic E-state index is 4.28. The third-order valence-electron chi connectivity index (χ3n) is 3.03. The highest BCUT2D eigenvalue weighted by Gasteiger charge is 2.38. The lowest BCUT2D eigenvalue weighted by Gasteiger charge is -2.07. The lowest BCUT2D eigenvalue weighted by molar-refractivity contribution is 0.790. The van der Waals surface area contributed by atoms with Crippen molar-refractivity contribution in [2.45, 2.75) is 25.2 Å². The van der Waals surface area contributed by atoms with Crippen LogP contribution in [0.5, 0.6) is 0 Å². The SMILES string of the molecule is CC1(c2ccc3ncsc3c2)CC1. The number of thiazole rings is 1. The van der Waals surface area contributed by atoms with Gasteiger partial charge in [-0.3, -0.25) is 0 Å². The Morgan fingerprint density at radius 2 is 2.23 bits per heavy atom. The zero-order valence-electron chi connectivity index (χ0n) is 7.58. The first-order valence-corrected chi connectivity index (χ1v) is 5.50. The number of hydrogen-bond acceptors (Lipinski definition) is 2. The first-order valence-electron chi connectivity index (χ1n) is 4.62. The fourth-order valence-electron chi connectivity index (χ4n) is 1.71. The highest BCUT2D eigenvalue weighted by Crippen LogP contribution is 2.48. The van der Waals surface area contributed by atoms with Crippen LogP contribution in [0, 0.1) is 0 Å². The minimum atomic E-state index is 0.484. The van der Waals surface area contributed by atoms with Crippen LogP contribution < -0.4 is 0 Å². The summed E-state index contributed by atoms with van der Waals surface area (Å²) in [5.74, 6) is 0. The van der Waals surface area contributed by atoms with Gasteiger partial charge >= 0.3 is 0 Å². The molecule has 3 rings (SSSR count). The van der Waals surface area contributed by atoms with Crippen LogP contribution in [0.3, 0.4) is 0 Å². The Bertz CT molecular complexity index is 454. The van der Waals surface area contributed by atoms with Gasteiger partial charge in [-0.1, -0.05) is 13.0 Å². The van der Waals surface area contributed by atoms with Gasteiger partial charge in [0.2, 0.25) is 0 Å². The van der Waals surface area contributed by atoms with Crippen LogP contribution in [0.4, 0.5) is 0 Å². The van der Waals surface area contributed by atoms with E-state index in [1.807, 2.05) is 5.51 Å². The Morgan fingerprint density at radius 1 is 1.38 bits per heavy atom. The van der Waals surface area contributed by atoms with E-state index in [4.69, 9.17) is 0 Å². The van der Waals surface area contributed by atoms with Gasteiger partial charge < -0.3 is 0 Å². The van der Waals surface area contributed by atoms with E-state index in [1.54, 1.807) is 11.3 Å². The molecule has 66 valence electrons. The molecular weight excluding hydrogens is 178 g/mol. The zero-order valence-corrected chi connectivity index (χ0v) is 8.40. The predicted molar refractivity (Wildman–Crippen MR) is 56.2 cm³/mol. The average molecular weight is 189 g/mol. The summed E-state index contributed by atoms with van der Waals surface area (Å²) in [5.41, 5.74) is 5.03. The van der Waals surface area contributed by atoms with Gasteiger partial charge in [-0.25, -0.2) is 4.98 Å². The fourth-order valence-corrected chi connectivity index (χ4v) is 2.42. The summed E-state index contributed by atoms with van der Waals surface area (Å²) < 4.78 is 1.32. The van der Waals surface area contributed by atoms with Crippen LogP contribution in [0.25, 0.3) is 10.2 Å². The van der Waals surface area contributed by atoms with Crippen molar-refractivity contribution in [3.63, 3.8) is 0 Å². The Labute approximate surface area is 81.4 Å². The minimum Gasteiger partial charge on any atom is -0.245 e. The van der Waals surface area contributed by atoms with Crippen molar-refractivity contribution in [2.24, 2.45) is 0 Å². The summed E-state index contributed by atoms with van der Waals surface area (Å²) in [6, 6.07) is 6.68. The van der Waals surface area contributed by atoms with Gasteiger partial charge in [0, 0.05) is 0 Å². The van der Waals surface area contributed by atoms with Gasteiger partial charge in [0.15, 0.2) is 0 Å². The molecule has 0 aliphatic heterocycles. The molecule has 2 aromatic rings. The predicted octanol–water partition coefficient (Wildman–Crippen LogP) is 3.35. The molecule has 0 radical (unpaired) electrons. The molecule has 0 spiro atoms. The summed E-state index contributed by atoms with van der Waals surface area (Å²) in [4.78, 5) is 4.28. The van der Waals surface area contributed by atoms with E-state index in [-0.39, 0.29) is 0 Å². The normalized spacial score (nSPS) is 19.2. The van der Waals surface area contributed by atoms with Crippen molar-refractivity contribution in [1.82, 2.24) is 4.98 Å². The number of aromatic nitrogens is 1. The molecule has 0 atom stereocenters. The summed E-state index contributed by atoms with van der Waals surface area (Å²) >= 11 is 1.73. The van der Waals surface area contributed by atoms with Crippen molar-refractivity contribution in [3.8, 4) is 0 Å². The summed E-state index contributed by atoms with van der Waals surface area (Å²) in [7, 11) is 0. The van der Waals surface area contributed by atoms with Crippen molar-refractivity contribution < 1.29 is 0 Å². The lowest BCUT2D eigenvalue weighted by Crippen LogP contribution is -1.98. The van der Waals surface area contributed by atoms with Crippen LogP contribution in [0.1, 0.15) is 25.3 Å². The largest absolute Gasteiger partial charge is 0.245 e. The van der Waals surface area contributed by atoms with E-state index in [0.29, 0.717) is 5.41 Å². The van der Waals surface area contributed by atoms with Gasteiger partial charge in [0.25, 0.3) is 0 Å². The molecule has 1 aliphatic rings. The smallest absolute Gasteiger partial charge is 0.0812 e. The molecule has 1 fully saturated rings. The highest BCUT2D eigenvalue weighted by atomic mass is 32.1. The van der Waals surface area contributed by atoms with E-state index in [2.05, 4.69) is 30.1 Å². The average Bonchev–Trinajstić information content (AvgIpc) is 2.74. The van der Waals surface area contributed by atoms with E-state index < -0.39 is 0 Å². The Balaban J connectivity index is 2.20. The van der Waals surface area contributed by atoms with Crippen LogP contribution in [-0.2, 0) is 5.41 Å². The number of benzene rings is 1. The molecular formula is C11H11NS. The van der Waals surface area contributed by atoms with Crippen molar-refractivity contribution in [2.75, 3.05) is 0 Å². The number of hydrogen-bond donors (Lipinski definition) is 0. The molecule has 0 bridgehead atoms. The van der Waals surface area contributed by atoms with Gasteiger partial charge in [0.05, 0.1) is 15.7 Å². The second-order valence-electron chi connectivity index (χ2n) is 4.10. The molecule has 1 aromatic carbocycles. The van der Waals surface area contributed by atoms with Gasteiger partial charge in [-0.05, 0) is 36.0 Å². The lowest BCUT2D eigenvalue weighted by atomic mass is 9.98. The second kappa shape index (κ2) is 2.32. The molecule has 0 amide bonds. The topological polar surface area (TPSA) is 12.9 Å². The molecule has 13 heavy (non-hydrogen) atoms. The molecule has 0 unspecified atom stereocenters. The standard InChI is InChI=1S/C11H11NS/c1-11(4-5-11)8-2-3-9-10(6-8)13-7-12-9/h2-3,6-7H,4-5H2,1H3. The molecule has 1 heterocycles. The molecule has 2 heteroatoms. The number of rotatable bonds is 1. The van der Waals surface area contributed by atoms with Crippen LogP contribution in [-0.4, -0.2) is 4.98 Å². The first-order chi connectivity index (χ1) is 6.28. The summed E-state index contributed by atoms with van der Waals surface area (Å²) in [6.45, 7) is 2.34. The van der Waals surface area contributed by atoms with Crippen LogP contribution in [0.15, 0.2) is 23.7 Å². The van der Waals surface area contributed by atoms with Gasteiger partial charge in [0.1, 0.15) is 0 Å². The quantitative estimate of drug-likeness (QED) is 0.670. The highest BCUT2D eigenvalue weighted by molar-refractivity contribution is 7.16. The zero-order chi connectivity index (χ0) is 8.89. The van der Waals surface area contributed by atoms with Crippen LogP contribution in [0.2, 0.25) is 0 Å². The first kappa shape index (κ1) is 7.51. The summed E-state index contributed by atoms with van der Waals surface area (Å²) in [6.07, 6.45) is 2.69. The molecule has 1 aliphatic carbocycles. The third-order valence-corrected chi connectivity index (χ3v) is 3.82. The maximum atomic E-state index is 4.28. The number of nitrogens with zero attached hydrogens (tertiary/aromatic N) is 1. The summed E-state index contributed by atoms with van der Waals surface area (Å²) in [5, 5.41) is 0.